The van der Waals surface area contributed by atoms with E-state index in [9.17, 15) is 9.90 Å². The van der Waals surface area contributed by atoms with E-state index in [4.69, 9.17) is 14.2 Å². The summed E-state index contributed by atoms with van der Waals surface area (Å²) >= 11 is 0. The second kappa shape index (κ2) is 6.50. The van der Waals surface area contributed by atoms with Crippen LogP contribution in [0.5, 0.6) is 5.75 Å². The molecule has 1 N–H and O–H groups in total. The molecule has 1 aliphatic heterocycles. The Kier molecular flexibility index (Phi) is 4.45. The maximum atomic E-state index is 12.3. The average molecular weight is 304 g/mol. The van der Waals surface area contributed by atoms with Crippen LogP contribution < -0.4 is 4.74 Å². The van der Waals surface area contributed by atoms with Gasteiger partial charge in [-0.05, 0) is 42.3 Å². The van der Waals surface area contributed by atoms with E-state index in [0.717, 1.165) is 12.0 Å². The summed E-state index contributed by atoms with van der Waals surface area (Å²) < 4.78 is 16.2. The van der Waals surface area contributed by atoms with Crippen molar-refractivity contribution in [3.63, 3.8) is 0 Å². The first-order valence-electron chi connectivity index (χ1n) is 7.47. The van der Waals surface area contributed by atoms with E-state index in [-0.39, 0.29) is 30.5 Å². The van der Waals surface area contributed by atoms with Crippen LogP contribution in [0.25, 0.3) is 0 Å². The summed E-state index contributed by atoms with van der Waals surface area (Å²) in [5.74, 6) is 0.711. The summed E-state index contributed by atoms with van der Waals surface area (Å²) in [5, 5.41) is 9.45. The second-order valence-electron chi connectivity index (χ2n) is 5.63. The topological polar surface area (TPSA) is 65.0 Å². The Morgan fingerprint density at radius 3 is 2.82 bits per heavy atom. The van der Waals surface area contributed by atoms with E-state index in [0.29, 0.717) is 24.5 Å². The third-order valence-electron chi connectivity index (χ3n) is 4.44. The van der Waals surface area contributed by atoms with Crippen LogP contribution in [0.1, 0.15) is 16.8 Å². The first kappa shape index (κ1) is 15.1. The van der Waals surface area contributed by atoms with Crippen LogP contribution in [0.15, 0.2) is 35.9 Å². The number of aliphatic hydroxyl groups excluding tert-OH is 1. The van der Waals surface area contributed by atoms with Crippen molar-refractivity contribution in [3.05, 3.63) is 41.5 Å². The molecule has 3 atom stereocenters. The smallest absolute Gasteiger partial charge is 0.338 e. The number of esters is 1. The zero-order chi connectivity index (χ0) is 15.5. The predicted octanol–water partition coefficient (Wildman–Crippen LogP) is 1.81. The third-order valence-corrected chi connectivity index (χ3v) is 4.44. The van der Waals surface area contributed by atoms with Crippen molar-refractivity contribution in [1.29, 1.82) is 0 Å². The molecule has 3 rings (SSSR count). The molecular weight excluding hydrogens is 284 g/mol. The Labute approximate surface area is 129 Å². The van der Waals surface area contributed by atoms with Crippen molar-refractivity contribution in [3.8, 4) is 5.75 Å². The molecule has 1 saturated heterocycles. The number of fused-ring (bicyclic) bond motifs is 1. The monoisotopic (exact) mass is 304 g/mol. The van der Waals surface area contributed by atoms with Crippen LogP contribution >= 0.6 is 0 Å². The summed E-state index contributed by atoms with van der Waals surface area (Å²) in [6.45, 7) is 1.25. The number of ether oxygens (including phenoxy) is 3. The van der Waals surface area contributed by atoms with Gasteiger partial charge in [0.25, 0.3) is 0 Å². The Morgan fingerprint density at radius 2 is 2.14 bits per heavy atom. The SMILES string of the molecule is COc1ccc(C(=O)OC2C=C(CO)[C@H]3COCC[C@@H]23)cc1. The van der Waals surface area contributed by atoms with Gasteiger partial charge in [0, 0.05) is 18.4 Å². The number of hydrogen-bond acceptors (Lipinski definition) is 5. The number of rotatable bonds is 4. The zero-order valence-electron chi connectivity index (χ0n) is 12.5. The molecule has 0 spiro atoms. The predicted molar refractivity (Wildman–Crippen MR) is 79.8 cm³/mol. The van der Waals surface area contributed by atoms with Gasteiger partial charge < -0.3 is 19.3 Å². The molecule has 0 bridgehead atoms. The van der Waals surface area contributed by atoms with Crippen LogP contribution in [0, 0.1) is 11.8 Å². The van der Waals surface area contributed by atoms with E-state index < -0.39 is 0 Å². The van der Waals surface area contributed by atoms with Crippen LogP contribution in [-0.4, -0.2) is 44.1 Å². The lowest BCUT2D eigenvalue weighted by Crippen LogP contribution is -2.33. The minimum atomic E-state index is -0.353. The van der Waals surface area contributed by atoms with Gasteiger partial charge in [0.2, 0.25) is 0 Å². The molecular formula is C17H20O5. The van der Waals surface area contributed by atoms with Gasteiger partial charge in [-0.15, -0.1) is 0 Å². The highest BCUT2D eigenvalue weighted by molar-refractivity contribution is 5.89. The van der Waals surface area contributed by atoms with Crippen molar-refractivity contribution in [2.75, 3.05) is 26.9 Å². The largest absolute Gasteiger partial charge is 0.497 e. The molecule has 1 aromatic rings. The average Bonchev–Trinajstić information content (AvgIpc) is 2.93. The van der Waals surface area contributed by atoms with Crippen molar-refractivity contribution in [2.24, 2.45) is 11.8 Å². The lowest BCUT2D eigenvalue weighted by Gasteiger charge is -2.30. The lowest BCUT2D eigenvalue weighted by atomic mass is 9.87. The van der Waals surface area contributed by atoms with Gasteiger partial charge >= 0.3 is 5.97 Å². The van der Waals surface area contributed by atoms with E-state index in [2.05, 4.69) is 0 Å². The molecule has 5 heteroatoms. The maximum Gasteiger partial charge on any atom is 0.338 e. The van der Waals surface area contributed by atoms with E-state index >= 15 is 0 Å². The zero-order valence-corrected chi connectivity index (χ0v) is 12.5. The summed E-state index contributed by atoms with van der Waals surface area (Å²) in [6, 6.07) is 6.84. The fraction of sp³-hybridized carbons (Fsp3) is 0.471. The number of carbonyl (C=O) groups is 1. The van der Waals surface area contributed by atoms with Crippen molar-refractivity contribution in [2.45, 2.75) is 12.5 Å². The number of hydrogen-bond donors (Lipinski definition) is 1. The molecule has 0 radical (unpaired) electrons. The highest BCUT2D eigenvalue weighted by Gasteiger charge is 2.40. The van der Waals surface area contributed by atoms with Gasteiger partial charge in [-0.25, -0.2) is 4.79 Å². The van der Waals surface area contributed by atoms with Gasteiger partial charge in [0.15, 0.2) is 0 Å². The first-order chi connectivity index (χ1) is 10.7. The van der Waals surface area contributed by atoms with Gasteiger partial charge in [-0.3, -0.25) is 0 Å². The molecule has 1 heterocycles. The molecule has 22 heavy (non-hydrogen) atoms. The molecule has 1 fully saturated rings. The summed E-state index contributed by atoms with van der Waals surface area (Å²) in [7, 11) is 1.58. The molecule has 0 amide bonds. The summed E-state index contributed by atoms with van der Waals surface area (Å²) in [6.07, 6.45) is 2.43. The van der Waals surface area contributed by atoms with Crippen molar-refractivity contribution in [1.82, 2.24) is 0 Å². The van der Waals surface area contributed by atoms with Crippen LogP contribution in [0.3, 0.4) is 0 Å². The lowest BCUT2D eigenvalue weighted by molar-refractivity contribution is -0.0162. The molecule has 5 nitrogen and oxygen atoms in total. The van der Waals surface area contributed by atoms with Gasteiger partial charge in [0.1, 0.15) is 11.9 Å². The van der Waals surface area contributed by atoms with Crippen LogP contribution in [0.4, 0.5) is 0 Å². The summed E-state index contributed by atoms with van der Waals surface area (Å²) in [4.78, 5) is 12.3. The van der Waals surface area contributed by atoms with Gasteiger partial charge in [-0.1, -0.05) is 0 Å². The Balaban J connectivity index is 1.71. The van der Waals surface area contributed by atoms with E-state index in [1.165, 1.54) is 0 Å². The number of benzene rings is 1. The maximum absolute atomic E-state index is 12.3. The number of aliphatic hydroxyl groups is 1. The highest BCUT2D eigenvalue weighted by atomic mass is 16.5. The number of methoxy groups -OCH3 is 1. The molecule has 118 valence electrons. The fourth-order valence-electron chi connectivity index (χ4n) is 3.20. The Morgan fingerprint density at radius 1 is 1.36 bits per heavy atom. The van der Waals surface area contributed by atoms with Crippen LogP contribution in [-0.2, 0) is 9.47 Å². The molecule has 0 saturated carbocycles. The molecule has 1 unspecified atom stereocenters. The minimum absolute atomic E-state index is 0.0128. The normalized spacial score (nSPS) is 27.0. The number of carbonyl (C=O) groups excluding carboxylic acids is 1. The van der Waals surface area contributed by atoms with Gasteiger partial charge in [-0.2, -0.15) is 0 Å². The molecule has 1 aliphatic carbocycles. The Hall–Kier alpha value is -1.85. The van der Waals surface area contributed by atoms with Crippen molar-refractivity contribution < 1.29 is 24.1 Å². The summed E-state index contributed by atoms with van der Waals surface area (Å²) in [5.41, 5.74) is 1.41. The quantitative estimate of drug-likeness (QED) is 0.679. The third kappa shape index (κ3) is 2.87. The van der Waals surface area contributed by atoms with Crippen molar-refractivity contribution >= 4 is 5.97 Å². The molecule has 0 aromatic heterocycles. The highest BCUT2D eigenvalue weighted by Crippen LogP contribution is 2.39. The second-order valence-corrected chi connectivity index (χ2v) is 5.63. The molecule has 2 aliphatic rings. The Bertz CT molecular complexity index is 563. The molecule has 1 aromatic carbocycles. The van der Waals surface area contributed by atoms with Crippen LogP contribution in [0.2, 0.25) is 0 Å². The van der Waals surface area contributed by atoms with E-state index in [1.54, 1.807) is 31.4 Å². The van der Waals surface area contributed by atoms with Gasteiger partial charge in [0.05, 0.1) is 25.9 Å². The van der Waals surface area contributed by atoms with E-state index in [1.807, 2.05) is 6.08 Å². The first-order valence-corrected chi connectivity index (χ1v) is 7.47. The standard InChI is InChI=1S/C17H20O5/c1-20-13-4-2-11(3-5-13)17(19)22-16-8-12(9-18)15-10-21-7-6-14(15)16/h2-5,8,14-16,18H,6-7,9-10H2,1H3/t14-,15-,16?/m1/s1. The minimum Gasteiger partial charge on any atom is -0.497 e. The fourth-order valence-corrected chi connectivity index (χ4v) is 3.20.